The van der Waals surface area contributed by atoms with Gasteiger partial charge in [-0.05, 0) is 31.2 Å². The number of hydrazone groups is 1. The molecule has 5 heteroatoms. The lowest BCUT2D eigenvalue weighted by Crippen LogP contribution is -2.25. The SMILES string of the molecule is C/C(=N\NC(=O)Nc1ccccc1)c1ccccc1O. The van der Waals surface area contributed by atoms with E-state index in [4.69, 9.17) is 0 Å². The molecule has 5 nitrogen and oxygen atoms in total. The number of phenolic OH excluding ortho intramolecular Hbond substituents is 1. The van der Waals surface area contributed by atoms with Gasteiger partial charge in [0.05, 0.1) is 5.71 Å². The predicted molar refractivity (Wildman–Crippen MR) is 78.9 cm³/mol. The van der Waals surface area contributed by atoms with Crippen LogP contribution in [0.15, 0.2) is 59.7 Å². The van der Waals surface area contributed by atoms with Crippen LogP contribution in [0.2, 0.25) is 0 Å². The molecule has 2 aromatic rings. The third-order valence-corrected chi connectivity index (χ3v) is 2.65. The van der Waals surface area contributed by atoms with E-state index >= 15 is 0 Å². The van der Waals surface area contributed by atoms with Crippen molar-refractivity contribution in [3.05, 3.63) is 60.2 Å². The molecule has 0 bridgehead atoms. The van der Waals surface area contributed by atoms with E-state index in [1.165, 1.54) is 0 Å². The minimum absolute atomic E-state index is 0.124. The molecule has 2 rings (SSSR count). The first-order chi connectivity index (χ1) is 9.66. The Morgan fingerprint density at radius 3 is 2.40 bits per heavy atom. The summed E-state index contributed by atoms with van der Waals surface area (Å²) in [7, 11) is 0. The summed E-state index contributed by atoms with van der Waals surface area (Å²) in [5, 5.41) is 16.3. The maximum atomic E-state index is 11.6. The van der Waals surface area contributed by atoms with Crippen LogP contribution in [0.4, 0.5) is 10.5 Å². The van der Waals surface area contributed by atoms with E-state index in [0.717, 1.165) is 0 Å². The van der Waals surface area contributed by atoms with Crippen LogP contribution in [0, 0.1) is 0 Å². The van der Waals surface area contributed by atoms with Gasteiger partial charge in [0.1, 0.15) is 5.75 Å². The number of benzene rings is 2. The van der Waals surface area contributed by atoms with Crippen molar-refractivity contribution >= 4 is 17.4 Å². The number of para-hydroxylation sites is 2. The Hall–Kier alpha value is -2.82. The zero-order chi connectivity index (χ0) is 14.4. The Morgan fingerprint density at radius 2 is 1.70 bits per heavy atom. The zero-order valence-corrected chi connectivity index (χ0v) is 11.0. The summed E-state index contributed by atoms with van der Waals surface area (Å²) < 4.78 is 0. The second kappa shape index (κ2) is 6.38. The maximum absolute atomic E-state index is 11.6. The number of hydrogen-bond acceptors (Lipinski definition) is 3. The van der Waals surface area contributed by atoms with Crippen molar-refractivity contribution in [1.82, 2.24) is 5.43 Å². The van der Waals surface area contributed by atoms with Crippen molar-refractivity contribution in [2.75, 3.05) is 5.32 Å². The quantitative estimate of drug-likeness (QED) is 0.592. The molecule has 3 N–H and O–H groups in total. The van der Waals surface area contributed by atoms with Gasteiger partial charge >= 0.3 is 6.03 Å². The number of phenols is 1. The van der Waals surface area contributed by atoms with Crippen molar-refractivity contribution in [3.63, 3.8) is 0 Å². The van der Waals surface area contributed by atoms with Crippen molar-refractivity contribution < 1.29 is 9.90 Å². The first kappa shape index (κ1) is 13.6. The number of amides is 2. The lowest BCUT2D eigenvalue weighted by atomic mass is 10.1. The molecule has 0 spiro atoms. The van der Waals surface area contributed by atoms with E-state index < -0.39 is 6.03 Å². The summed E-state index contributed by atoms with van der Waals surface area (Å²) in [4.78, 5) is 11.6. The normalized spacial score (nSPS) is 10.9. The molecule has 0 saturated heterocycles. The highest BCUT2D eigenvalue weighted by Gasteiger charge is 2.04. The minimum Gasteiger partial charge on any atom is -0.507 e. The van der Waals surface area contributed by atoms with E-state index in [9.17, 15) is 9.90 Å². The molecule has 2 aromatic carbocycles. The van der Waals surface area contributed by atoms with E-state index in [-0.39, 0.29) is 5.75 Å². The summed E-state index contributed by atoms with van der Waals surface area (Å²) in [5.41, 5.74) is 4.16. The van der Waals surface area contributed by atoms with Crippen molar-refractivity contribution in [2.24, 2.45) is 5.10 Å². The number of hydrogen-bond donors (Lipinski definition) is 3. The van der Waals surface area contributed by atoms with Gasteiger partial charge in [-0.15, -0.1) is 0 Å². The Bertz CT molecular complexity index is 624. The van der Waals surface area contributed by atoms with Gasteiger partial charge in [-0.3, -0.25) is 0 Å². The lowest BCUT2D eigenvalue weighted by Gasteiger charge is -2.06. The summed E-state index contributed by atoms with van der Waals surface area (Å²) in [5.74, 6) is 0.124. The van der Waals surface area contributed by atoms with E-state index in [1.54, 1.807) is 43.3 Å². The second-order valence-corrected chi connectivity index (χ2v) is 4.15. The third kappa shape index (κ3) is 3.58. The van der Waals surface area contributed by atoms with E-state index in [2.05, 4.69) is 15.8 Å². The molecular formula is C15H15N3O2. The average Bonchev–Trinajstić information content (AvgIpc) is 2.46. The fraction of sp³-hybridized carbons (Fsp3) is 0.0667. The smallest absolute Gasteiger partial charge is 0.339 e. The molecule has 0 aromatic heterocycles. The summed E-state index contributed by atoms with van der Waals surface area (Å²) in [6.07, 6.45) is 0. The number of anilines is 1. The van der Waals surface area contributed by atoms with E-state index in [1.807, 2.05) is 18.2 Å². The number of rotatable bonds is 3. The molecule has 0 fully saturated rings. The minimum atomic E-state index is -0.439. The van der Waals surface area contributed by atoms with Crippen LogP contribution in [0.3, 0.4) is 0 Å². The van der Waals surface area contributed by atoms with Gasteiger partial charge in [0.25, 0.3) is 0 Å². The van der Waals surface area contributed by atoms with Gasteiger partial charge in [0, 0.05) is 11.3 Å². The van der Waals surface area contributed by atoms with Gasteiger partial charge < -0.3 is 10.4 Å². The largest absolute Gasteiger partial charge is 0.507 e. The Labute approximate surface area is 117 Å². The molecule has 0 aliphatic carbocycles. The Balaban J connectivity index is 1.99. The Kier molecular flexibility index (Phi) is 4.34. The third-order valence-electron chi connectivity index (χ3n) is 2.65. The molecule has 0 heterocycles. The number of urea groups is 1. The van der Waals surface area contributed by atoms with Crippen LogP contribution in [0.25, 0.3) is 0 Å². The van der Waals surface area contributed by atoms with Crippen LogP contribution in [-0.2, 0) is 0 Å². The van der Waals surface area contributed by atoms with Crippen molar-refractivity contribution in [2.45, 2.75) is 6.92 Å². The van der Waals surface area contributed by atoms with Crippen LogP contribution in [0.1, 0.15) is 12.5 Å². The highest BCUT2D eigenvalue weighted by Crippen LogP contribution is 2.16. The molecule has 0 radical (unpaired) electrons. The highest BCUT2D eigenvalue weighted by atomic mass is 16.3. The summed E-state index contributed by atoms with van der Waals surface area (Å²) in [6.45, 7) is 1.71. The molecule has 20 heavy (non-hydrogen) atoms. The fourth-order valence-corrected chi connectivity index (χ4v) is 1.65. The van der Waals surface area contributed by atoms with Crippen LogP contribution < -0.4 is 10.7 Å². The standard InChI is InChI=1S/C15H15N3O2/c1-11(13-9-5-6-10-14(13)19)17-18-15(20)16-12-7-3-2-4-8-12/h2-10,19H,1H3,(H2,16,18,20)/b17-11+. The van der Waals surface area contributed by atoms with Gasteiger partial charge in [-0.1, -0.05) is 30.3 Å². The van der Waals surface area contributed by atoms with Gasteiger partial charge in [0.2, 0.25) is 0 Å². The molecule has 0 atom stereocenters. The molecule has 0 unspecified atom stereocenters. The van der Waals surface area contributed by atoms with Crippen molar-refractivity contribution in [3.8, 4) is 5.75 Å². The van der Waals surface area contributed by atoms with Gasteiger partial charge in [-0.2, -0.15) is 5.10 Å². The summed E-state index contributed by atoms with van der Waals surface area (Å²) in [6, 6.07) is 15.4. The number of carbonyl (C=O) groups is 1. The van der Waals surface area contributed by atoms with Crippen molar-refractivity contribution in [1.29, 1.82) is 0 Å². The molecular weight excluding hydrogens is 254 g/mol. The average molecular weight is 269 g/mol. The molecule has 0 aliphatic rings. The van der Waals surface area contributed by atoms with Crippen LogP contribution in [0.5, 0.6) is 5.75 Å². The first-order valence-corrected chi connectivity index (χ1v) is 6.11. The van der Waals surface area contributed by atoms with Crippen LogP contribution >= 0.6 is 0 Å². The molecule has 0 saturated carbocycles. The number of aromatic hydroxyl groups is 1. The van der Waals surface area contributed by atoms with Gasteiger partial charge in [-0.25, -0.2) is 10.2 Å². The fourth-order valence-electron chi connectivity index (χ4n) is 1.65. The summed E-state index contributed by atoms with van der Waals surface area (Å²) >= 11 is 0. The van der Waals surface area contributed by atoms with E-state index in [0.29, 0.717) is 17.0 Å². The maximum Gasteiger partial charge on any atom is 0.339 e. The molecule has 0 aliphatic heterocycles. The molecule has 2 amide bonds. The number of carbonyl (C=O) groups excluding carboxylic acids is 1. The van der Waals surface area contributed by atoms with Crippen LogP contribution in [-0.4, -0.2) is 16.8 Å². The predicted octanol–water partition coefficient (Wildman–Crippen LogP) is 2.94. The first-order valence-electron chi connectivity index (χ1n) is 6.11. The number of nitrogens with one attached hydrogen (secondary N) is 2. The van der Waals surface area contributed by atoms with Gasteiger partial charge in [0.15, 0.2) is 0 Å². The zero-order valence-electron chi connectivity index (χ0n) is 11.0. The lowest BCUT2D eigenvalue weighted by molar-refractivity contribution is 0.252. The molecule has 102 valence electrons. The highest BCUT2D eigenvalue weighted by molar-refractivity contribution is 6.01. The topological polar surface area (TPSA) is 73.7 Å². The second-order valence-electron chi connectivity index (χ2n) is 4.15. The monoisotopic (exact) mass is 269 g/mol. The Morgan fingerprint density at radius 1 is 1.05 bits per heavy atom. The number of nitrogens with zero attached hydrogens (tertiary/aromatic N) is 1.